The molecule has 1 aliphatic heterocycles. The third-order valence-electron chi connectivity index (χ3n) is 6.65. The lowest BCUT2D eigenvalue weighted by Gasteiger charge is -2.32. The van der Waals surface area contributed by atoms with Crippen LogP contribution in [0.2, 0.25) is 0 Å². The Balaban J connectivity index is 1.33. The van der Waals surface area contributed by atoms with E-state index in [0.717, 1.165) is 30.1 Å². The highest BCUT2D eigenvalue weighted by molar-refractivity contribution is 8.00. The summed E-state index contributed by atoms with van der Waals surface area (Å²) < 4.78 is 2.14. The van der Waals surface area contributed by atoms with E-state index in [1.165, 1.54) is 35.3 Å². The third kappa shape index (κ3) is 5.57. The van der Waals surface area contributed by atoms with Crippen molar-refractivity contribution in [3.05, 3.63) is 120 Å². The van der Waals surface area contributed by atoms with E-state index in [4.69, 9.17) is 4.99 Å². The number of nitrogens with zero attached hydrogens (tertiary/aromatic N) is 4. The average Bonchev–Trinajstić information content (AvgIpc) is 3.46. The van der Waals surface area contributed by atoms with Crippen molar-refractivity contribution in [1.29, 1.82) is 0 Å². The maximum absolute atomic E-state index is 5.35. The number of aryl methyl sites for hydroxylation is 3. The Labute approximate surface area is 219 Å². The molecule has 4 aromatic rings. The lowest BCUT2D eigenvalue weighted by Crippen LogP contribution is -2.33. The summed E-state index contributed by atoms with van der Waals surface area (Å²) in [6.45, 7) is 5.20. The molecule has 2 unspecified atom stereocenters. The van der Waals surface area contributed by atoms with E-state index in [9.17, 15) is 0 Å². The van der Waals surface area contributed by atoms with E-state index in [-0.39, 0.29) is 11.5 Å². The summed E-state index contributed by atoms with van der Waals surface area (Å²) in [5.41, 5.74) is 7.23. The zero-order valence-electron chi connectivity index (χ0n) is 21.1. The van der Waals surface area contributed by atoms with Gasteiger partial charge in [0.1, 0.15) is 0 Å². The van der Waals surface area contributed by atoms with E-state index < -0.39 is 0 Å². The van der Waals surface area contributed by atoms with Gasteiger partial charge >= 0.3 is 0 Å². The van der Waals surface area contributed by atoms with Crippen LogP contribution in [0, 0.1) is 13.8 Å². The number of aromatic nitrogens is 2. The molecule has 0 aliphatic carbocycles. The van der Waals surface area contributed by atoms with Gasteiger partial charge in [0.25, 0.3) is 0 Å². The van der Waals surface area contributed by atoms with Crippen molar-refractivity contribution in [2.75, 3.05) is 10.7 Å². The first-order chi connectivity index (χ1) is 17.7. The molecule has 3 aromatic carbocycles. The summed E-state index contributed by atoms with van der Waals surface area (Å²) in [5, 5.41) is 4.60. The van der Waals surface area contributed by atoms with E-state index in [1.807, 2.05) is 11.8 Å². The molecule has 1 aliphatic rings. The molecular weight excluding hydrogens is 460 g/mol. The normalized spacial score (nSPS) is 17.4. The zero-order valence-corrected chi connectivity index (χ0v) is 21.9. The number of hydrogen-bond donors (Lipinski definition) is 0. The molecule has 36 heavy (non-hydrogen) atoms. The van der Waals surface area contributed by atoms with Gasteiger partial charge in [-0.2, -0.15) is 5.10 Å². The van der Waals surface area contributed by atoms with Crippen LogP contribution >= 0.6 is 11.8 Å². The van der Waals surface area contributed by atoms with Crippen LogP contribution in [-0.4, -0.2) is 26.7 Å². The maximum Gasteiger partial charge on any atom is 0.170 e. The van der Waals surface area contributed by atoms with Gasteiger partial charge in [-0.15, -0.1) is 11.8 Å². The van der Waals surface area contributed by atoms with Crippen LogP contribution in [0.3, 0.4) is 0 Å². The minimum atomic E-state index is 0.0452. The molecule has 4 nitrogen and oxygen atoms in total. The van der Waals surface area contributed by atoms with Gasteiger partial charge in [0.15, 0.2) is 5.50 Å². The van der Waals surface area contributed by atoms with Crippen LogP contribution < -0.4 is 4.90 Å². The number of thioether (sulfide) groups is 1. The zero-order chi connectivity index (χ0) is 24.7. The monoisotopic (exact) mass is 494 g/mol. The summed E-state index contributed by atoms with van der Waals surface area (Å²) in [4.78, 5) is 7.84. The van der Waals surface area contributed by atoms with Gasteiger partial charge in [-0.25, -0.2) is 0 Å². The topological polar surface area (TPSA) is 33.4 Å². The van der Waals surface area contributed by atoms with Crippen molar-refractivity contribution in [2.24, 2.45) is 4.99 Å². The summed E-state index contributed by atoms with van der Waals surface area (Å²) in [7, 11) is 0. The van der Waals surface area contributed by atoms with Gasteiger partial charge in [0.2, 0.25) is 0 Å². The number of hydrogen-bond acceptors (Lipinski definition) is 4. The van der Waals surface area contributed by atoms with Crippen LogP contribution in [0.5, 0.6) is 0 Å². The van der Waals surface area contributed by atoms with Crippen molar-refractivity contribution in [3.63, 3.8) is 0 Å². The number of para-hydroxylation sites is 1. The van der Waals surface area contributed by atoms with Crippen LogP contribution in [0.4, 0.5) is 5.69 Å². The fourth-order valence-electron chi connectivity index (χ4n) is 4.93. The van der Waals surface area contributed by atoms with Gasteiger partial charge in [0, 0.05) is 17.9 Å². The molecule has 0 saturated heterocycles. The quantitative estimate of drug-likeness (QED) is 0.215. The molecule has 5 heteroatoms. The molecule has 2 heterocycles. The summed E-state index contributed by atoms with van der Waals surface area (Å²) >= 11 is 1.95. The van der Waals surface area contributed by atoms with Crippen LogP contribution in [0.25, 0.3) is 0 Å². The first-order valence-corrected chi connectivity index (χ1v) is 13.9. The van der Waals surface area contributed by atoms with Gasteiger partial charge in [0.05, 0.1) is 17.4 Å². The SMILES string of the molecule is Cc1cc(C)n(CCCCCSC2N=C(c3ccccc3)C(c3ccccc3)N2c2ccccc2)n1. The van der Waals surface area contributed by atoms with Crippen LogP contribution in [-0.2, 0) is 6.54 Å². The molecule has 0 fully saturated rings. The first kappa shape index (κ1) is 24.4. The summed E-state index contributed by atoms with van der Waals surface area (Å²) in [6, 6.07) is 34.4. The van der Waals surface area contributed by atoms with Crippen molar-refractivity contribution < 1.29 is 0 Å². The Kier molecular flexibility index (Phi) is 7.87. The van der Waals surface area contributed by atoms with Gasteiger partial charge < -0.3 is 4.90 Å². The highest BCUT2D eigenvalue weighted by Gasteiger charge is 2.38. The summed E-state index contributed by atoms with van der Waals surface area (Å²) in [5.74, 6) is 1.08. The molecule has 0 spiro atoms. The number of aliphatic imine (C=N–C) groups is 1. The molecule has 184 valence electrons. The Morgan fingerprint density at radius 3 is 2.11 bits per heavy atom. The Morgan fingerprint density at radius 2 is 1.44 bits per heavy atom. The van der Waals surface area contributed by atoms with E-state index in [0.29, 0.717) is 0 Å². The average molecular weight is 495 g/mol. The Hall–Kier alpha value is -3.31. The van der Waals surface area contributed by atoms with Crippen LogP contribution in [0.15, 0.2) is 102 Å². The molecule has 1 aromatic heterocycles. The predicted molar refractivity (Wildman–Crippen MR) is 153 cm³/mol. The second-order valence-corrected chi connectivity index (χ2v) is 10.5. The molecule has 0 saturated carbocycles. The molecule has 0 bridgehead atoms. The van der Waals surface area contributed by atoms with Crippen molar-refractivity contribution in [3.8, 4) is 0 Å². The minimum Gasteiger partial charge on any atom is -0.328 e. The van der Waals surface area contributed by atoms with Crippen molar-refractivity contribution >= 4 is 23.2 Å². The molecule has 2 atom stereocenters. The van der Waals surface area contributed by atoms with Gasteiger partial charge in [-0.1, -0.05) is 85.3 Å². The first-order valence-electron chi connectivity index (χ1n) is 12.8. The fourth-order valence-corrected chi connectivity index (χ4v) is 6.10. The minimum absolute atomic E-state index is 0.0452. The number of benzene rings is 3. The smallest absolute Gasteiger partial charge is 0.170 e. The largest absolute Gasteiger partial charge is 0.328 e. The highest BCUT2D eigenvalue weighted by Crippen LogP contribution is 2.41. The molecule has 0 N–H and O–H groups in total. The van der Waals surface area contributed by atoms with Crippen molar-refractivity contribution in [2.45, 2.75) is 51.2 Å². The highest BCUT2D eigenvalue weighted by atomic mass is 32.2. The number of unbranched alkanes of at least 4 members (excludes halogenated alkanes) is 2. The maximum atomic E-state index is 5.35. The standard InChI is InChI=1S/C31H34N4S/c1-24-23-25(2)34(33-24)21-13-6-14-22-36-31-32-29(26-15-7-3-8-16-26)30(27-17-9-4-10-18-27)35(31)28-19-11-5-12-20-28/h3-5,7-12,15-20,23,30-31H,6,13-14,21-22H2,1-2H3. The predicted octanol–water partition coefficient (Wildman–Crippen LogP) is 7.44. The Morgan fingerprint density at radius 1 is 0.778 bits per heavy atom. The molecular formula is C31H34N4S. The second-order valence-electron chi connectivity index (χ2n) is 9.34. The van der Waals surface area contributed by atoms with E-state index in [2.05, 4.69) is 126 Å². The molecule has 0 radical (unpaired) electrons. The van der Waals surface area contributed by atoms with Crippen LogP contribution in [0.1, 0.15) is 47.8 Å². The van der Waals surface area contributed by atoms with E-state index >= 15 is 0 Å². The van der Waals surface area contributed by atoms with E-state index in [1.54, 1.807) is 0 Å². The van der Waals surface area contributed by atoms with Gasteiger partial charge in [-0.3, -0.25) is 9.67 Å². The fraction of sp³-hybridized carbons (Fsp3) is 0.290. The Bertz CT molecular complexity index is 1270. The van der Waals surface area contributed by atoms with Gasteiger partial charge in [-0.05, 0) is 61.8 Å². The lowest BCUT2D eigenvalue weighted by molar-refractivity contribution is 0.541. The molecule has 5 rings (SSSR count). The molecule has 0 amide bonds. The van der Waals surface area contributed by atoms with Crippen molar-refractivity contribution in [1.82, 2.24) is 9.78 Å². The lowest BCUT2D eigenvalue weighted by atomic mass is 9.96. The number of anilines is 1. The summed E-state index contributed by atoms with van der Waals surface area (Å²) in [6.07, 6.45) is 3.52. The second kappa shape index (κ2) is 11.6. The number of rotatable bonds is 10. The third-order valence-corrected chi connectivity index (χ3v) is 7.80.